The van der Waals surface area contributed by atoms with Crippen LogP contribution in [0.25, 0.3) is 6.08 Å². The van der Waals surface area contributed by atoms with Gasteiger partial charge in [0.1, 0.15) is 5.75 Å². The van der Waals surface area contributed by atoms with Crippen molar-refractivity contribution in [1.82, 2.24) is 5.32 Å². The standard InChI is InChI=1S/C18H18N2O4/c1-13(16-8-3-4-9-17(16)24-2)19-18(21)11-10-14-6-5-7-15(12-14)20(22)23/h3-13H,1-2H3,(H,19,21)/b11-10+/t13-/m1/s1. The molecule has 0 saturated carbocycles. The molecule has 0 saturated heterocycles. The van der Waals surface area contributed by atoms with Gasteiger partial charge in [0, 0.05) is 23.8 Å². The van der Waals surface area contributed by atoms with E-state index < -0.39 is 4.92 Å². The second-order valence-electron chi connectivity index (χ2n) is 5.16. The Hall–Kier alpha value is -3.15. The number of nitrogens with zero attached hydrogens (tertiary/aromatic N) is 1. The molecule has 1 amide bonds. The van der Waals surface area contributed by atoms with Crippen LogP contribution in [0.2, 0.25) is 0 Å². The maximum Gasteiger partial charge on any atom is 0.270 e. The number of methoxy groups -OCH3 is 1. The van der Waals surface area contributed by atoms with Crippen molar-refractivity contribution in [2.24, 2.45) is 0 Å². The molecule has 124 valence electrons. The van der Waals surface area contributed by atoms with E-state index in [1.807, 2.05) is 31.2 Å². The molecule has 1 N–H and O–H groups in total. The number of hydrogen-bond acceptors (Lipinski definition) is 4. The molecular weight excluding hydrogens is 308 g/mol. The summed E-state index contributed by atoms with van der Waals surface area (Å²) in [5, 5.41) is 13.6. The van der Waals surface area contributed by atoms with Gasteiger partial charge in [0.15, 0.2) is 0 Å². The van der Waals surface area contributed by atoms with Gasteiger partial charge >= 0.3 is 0 Å². The zero-order chi connectivity index (χ0) is 17.5. The number of nitrogens with one attached hydrogen (secondary N) is 1. The summed E-state index contributed by atoms with van der Waals surface area (Å²) >= 11 is 0. The summed E-state index contributed by atoms with van der Waals surface area (Å²) in [5.41, 5.74) is 1.45. The van der Waals surface area contributed by atoms with Crippen LogP contribution in [0.3, 0.4) is 0 Å². The first-order chi connectivity index (χ1) is 11.5. The third-order valence-electron chi connectivity index (χ3n) is 3.47. The lowest BCUT2D eigenvalue weighted by molar-refractivity contribution is -0.384. The molecule has 6 nitrogen and oxygen atoms in total. The van der Waals surface area contributed by atoms with Crippen molar-refractivity contribution in [3.8, 4) is 5.75 Å². The molecule has 1 atom stereocenters. The van der Waals surface area contributed by atoms with Crippen LogP contribution in [0.5, 0.6) is 5.75 Å². The predicted octanol–water partition coefficient (Wildman–Crippen LogP) is 3.49. The van der Waals surface area contributed by atoms with Gasteiger partial charge in [0.25, 0.3) is 5.69 Å². The van der Waals surface area contributed by atoms with E-state index in [2.05, 4.69) is 5.32 Å². The monoisotopic (exact) mass is 326 g/mol. The number of nitro groups is 1. The van der Waals surface area contributed by atoms with Crippen molar-refractivity contribution in [3.63, 3.8) is 0 Å². The highest BCUT2D eigenvalue weighted by Gasteiger charge is 2.12. The lowest BCUT2D eigenvalue weighted by Crippen LogP contribution is -2.24. The number of hydrogen-bond donors (Lipinski definition) is 1. The maximum atomic E-state index is 12.0. The first kappa shape index (κ1) is 17.2. The molecule has 0 spiro atoms. The largest absolute Gasteiger partial charge is 0.496 e. The van der Waals surface area contributed by atoms with E-state index in [1.54, 1.807) is 19.2 Å². The third kappa shape index (κ3) is 4.42. The van der Waals surface area contributed by atoms with Gasteiger partial charge in [-0.15, -0.1) is 0 Å². The summed E-state index contributed by atoms with van der Waals surface area (Å²) in [4.78, 5) is 22.3. The molecule has 0 unspecified atom stereocenters. The molecule has 0 aliphatic carbocycles. The Morgan fingerprint density at radius 2 is 2.00 bits per heavy atom. The van der Waals surface area contributed by atoms with Crippen molar-refractivity contribution in [2.45, 2.75) is 13.0 Å². The Balaban J connectivity index is 2.05. The number of non-ortho nitro benzene ring substituents is 1. The molecule has 0 heterocycles. The Kier molecular flexibility index (Phi) is 5.68. The van der Waals surface area contributed by atoms with Gasteiger partial charge in [-0.05, 0) is 24.6 Å². The van der Waals surface area contributed by atoms with Gasteiger partial charge in [-0.3, -0.25) is 14.9 Å². The number of nitro benzene ring substituents is 1. The Morgan fingerprint density at radius 1 is 1.25 bits per heavy atom. The number of para-hydroxylation sites is 1. The van der Waals surface area contributed by atoms with Gasteiger partial charge in [0.05, 0.1) is 18.1 Å². The summed E-state index contributed by atoms with van der Waals surface area (Å²) in [6.45, 7) is 1.86. The molecule has 0 aliphatic rings. The fourth-order valence-electron chi connectivity index (χ4n) is 2.28. The van der Waals surface area contributed by atoms with E-state index in [4.69, 9.17) is 4.74 Å². The average molecular weight is 326 g/mol. The highest BCUT2D eigenvalue weighted by Crippen LogP contribution is 2.24. The van der Waals surface area contributed by atoms with Crippen LogP contribution in [-0.4, -0.2) is 17.9 Å². The fraction of sp³-hybridized carbons (Fsp3) is 0.167. The third-order valence-corrected chi connectivity index (χ3v) is 3.47. The molecule has 2 rings (SSSR count). The molecule has 0 fully saturated rings. The van der Waals surface area contributed by atoms with Crippen LogP contribution >= 0.6 is 0 Å². The quantitative estimate of drug-likeness (QED) is 0.500. The van der Waals surface area contributed by atoms with Crippen molar-refractivity contribution in [2.75, 3.05) is 7.11 Å². The van der Waals surface area contributed by atoms with Gasteiger partial charge < -0.3 is 10.1 Å². The average Bonchev–Trinajstić information content (AvgIpc) is 2.60. The molecule has 0 aliphatic heterocycles. The molecule has 24 heavy (non-hydrogen) atoms. The lowest BCUT2D eigenvalue weighted by Gasteiger charge is -2.16. The summed E-state index contributed by atoms with van der Waals surface area (Å²) in [5.74, 6) is 0.410. The van der Waals surface area contributed by atoms with Crippen LogP contribution in [0.1, 0.15) is 24.1 Å². The van der Waals surface area contributed by atoms with Crippen LogP contribution in [0, 0.1) is 10.1 Å². The number of rotatable bonds is 6. The van der Waals surface area contributed by atoms with Crippen molar-refractivity contribution >= 4 is 17.7 Å². The molecule has 6 heteroatoms. The predicted molar refractivity (Wildman–Crippen MR) is 91.7 cm³/mol. The van der Waals surface area contributed by atoms with Crippen molar-refractivity contribution in [1.29, 1.82) is 0 Å². The van der Waals surface area contributed by atoms with E-state index in [9.17, 15) is 14.9 Å². The summed E-state index contributed by atoms with van der Waals surface area (Å²) in [6.07, 6.45) is 2.89. The van der Waals surface area contributed by atoms with Crippen LogP contribution in [0.15, 0.2) is 54.6 Å². The Morgan fingerprint density at radius 3 is 2.71 bits per heavy atom. The number of ether oxygens (including phenoxy) is 1. The number of benzene rings is 2. The number of amides is 1. The van der Waals surface area contributed by atoms with Gasteiger partial charge in [-0.1, -0.05) is 30.3 Å². The zero-order valence-electron chi connectivity index (χ0n) is 13.4. The maximum absolute atomic E-state index is 12.0. The minimum atomic E-state index is -0.471. The summed E-state index contributed by atoms with van der Waals surface area (Å²) < 4.78 is 5.28. The minimum absolute atomic E-state index is 0.0139. The van der Waals surface area contributed by atoms with E-state index >= 15 is 0 Å². The first-order valence-corrected chi connectivity index (χ1v) is 7.37. The van der Waals surface area contributed by atoms with E-state index in [0.29, 0.717) is 11.3 Å². The second-order valence-corrected chi connectivity index (χ2v) is 5.16. The first-order valence-electron chi connectivity index (χ1n) is 7.37. The normalized spacial score (nSPS) is 11.9. The highest BCUT2D eigenvalue weighted by molar-refractivity contribution is 5.92. The van der Waals surface area contributed by atoms with Gasteiger partial charge in [-0.25, -0.2) is 0 Å². The van der Waals surface area contributed by atoms with Crippen LogP contribution < -0.4 is 10.1 Å². The Bertz CT molecular complexity index is 771. The number of carbonyl (C=O) groups is 1. The van der Waals surface area contributed by atoms with Gasteiger partial charge in [-0.2, -0.15) is 0 Å². The molecule has 2 aromatic rings. The molecular formula is C18H18N2O4. The van der Waals surface area contributed by atoms with E-state index in [0.717, 1.165) is 5.56 Å². The van der Waals surface area contributed by atoms with Gasteiger partial charge in [0.2, 0.25) is 5.91 Å². The van der Waals surface area contributed by atoms with E-state index in [1.165, 1.54) is 24.3 Å². The molecule has 0 bridgehead atoms. The molecule has 0 aromatic heterocycles. The fourth-order valence-corrected chi connectivity index (χ4v) is 2.28. The van der Waals surface area contributed by atoms with Crippen molar-refractivity contribution < 1.29 is 14.5 Å². The minimum Gasteiger partial charge on any atom is -0.496 e. The number of carbonyl (C=O) groups excluding carboxylic acids is 1. The highest BCUT2D eigenvalue weighted by atomic mass is 16.6. The smallest absolute Gasteiger partial charge is 0.270 e. The SMILES string of the molecule is COc1ccccc1[C@@H](C)NC(=O)/C=C/c1cccc([N+](=O)[O-])c1. The molecule has 0 radical (unpaired) electrons. The lowest BCUT2D eigenvalue weighted by atomic mass is 10.1. The summed E-state index contributed by atoms with van der Waals surface area (Å²) in [7, 11) is 1.58. The molecule has 2 aromatic carbocycles. The van der Waals surface area contributed by atoms with Crippen LogP contribution in [0.4, 0.5) is 5.69 Å². The van der Waals surface area contributed by atoms with Crippen LogP contribution in [-0.2, 0) is 4.79 Å². The van der Waals surface area contributed by atoms with Crippen molar-refractivity contribution in [3.05, 3.63) is 75.8 Å². The van der Waals surface area contributed by atoms with E-state index in [-0.39, 0.29) is 17.6 Å². The Labute approximate surface area is 139 Å². The second kappa shape index (κ2) is 7.92. The zero-order valence-corrected chi connectivity index (χ0v) is 13.4. The summed E-state index contributed by atoms with van der Waals surface area (Å²) in [6, 6.07) is 13.3. The topological polar surface area (TPSA) is 81.5 Å².